The van der Waals surface area contributed by atoms with Gasteiger partial charge in [0.05, 0.1) is 4.90 Å². The lowest BCUT2D eigenvalue weighted by Crippen LogP contribution is -2.13. The molecule has 100 valence electrons. The maximum Gasteiger partial charge on any atom is 0.261 e. The molecule has 0 aliphatic carbocycles. The average molecular weight is 406 g/mol. The maximum atomic E-state index is 12.2. The monoisotopic (exact) mass is 404 g/mol. The zero-order chi connectivity index (χ0) is 14.0. The van der Waals surface area contributed by atoms with Crippen LogP contribution in [0.15, 0.2) is 56.3 Å². The molecular formula is C12H10Br2N2O2S. The summed E-state index contributed by atoms with van der Waals surface area (Å²) in [6, 6.07) is 11.4. The van der Waals surface area contributed by atoms with Crippen molar-refractivity contribution < 1.29 is 8.42 Å². The molecule has 0 radical (unpaired) electrons. The van der Waals surface area contributed by atoms with E-state index in [4.69, 9.17) is 5.73 Å². The van der Waals surface area contributed by atoms with Gasteiger partial charge in [-0.25, -0.2) is 8.42 Å². The first-order valence-electron chi connectivity index (χ1n) is 5.22. The number of hydrogen-bond donors (Lipinski definition) is 2. The number of rotatable bonds is 3. The van der Waals surface area contributed by atoms with Gasteiger partial charge >= 0.3 is 0 Å². The van der Waals surface area contributed by atoms with Gasteiger partial charge in [-0.3, -0.25) is 4.72 Å². The Morgan fingerprint density at radius 2 is 1.79 bits per heavy atom. The number of sulfonamides is 1. The minimum Gasteiger partial charge on any atom is -0.398 e. The molecule has 2 aromatic rings. The first-order chi connectivity index (χ1) is 8.88. The summed E-state index contributed by atoms with van der Waals surface area (Å²) in [4.78, 5) is 0.147. The van der Waals surface area contributed by atoms with Gasteiger partial charge in [0.15, 0.2) is 0 Å². The van der Waals surface area contributed by atoms with E-state index in [9.17, 15) is 8.42 Å². The minimum absolute atomic E-state index is 0.147. The fourth-order valence-corrected chi connectivity index (χ4v) is 3.45. The molecule has 0 aliphatic rings. The van der Waals surface area contributed by atoms with E-state index in [2.05, 4.69) is 36.6 Å². The van der Waals surface area contributed by atoms with Crippen molar-refractivity contribution in [2.24, 2.45) is 0 Å². The third-order valence-corrected chi connectivity index (χ3v) is 4.92. The molecule has 4 nitrogen and oxygen atoms in total. The van der Waals surface area contributed by atoms with Crippen LogP contribution < -0.4 is 10.5 Å². The van der Waals surface area contributed by atoms with Crippen LogP contribution in [0.25, 0.3) is 0 Å². The Morgan fingerprint density at radius 3 is 2.42 bits per heavy atom. The van der Waals surface area contributed by atoms with Crippen LogP contribution in [0.4, 0.5) is 11.4 Å². The molecule has 0 atom stereocenters. The molecule has 0 fully saturated rings. The first-order valence-corrected chi connectivity index (χ1v) is 8.29. The lowest BCUT2D eigenvalue weighted by Gasteiger charge is -2.09. The Morgan fingerprint density at radius 1 is 1.05 bits per heavy atom. The van der Waals surface area contributed by atoms with Crippen molar-refractivity contribution in [3.63, 3.8) is 0 Å². The van der Waals surface area contributed by atoms with E-state index in [1.165, 1.54) is 12.1 Å². The molecule has 0 amide bonds. The van der Waals surface area contributed by atoms with Gasteiger partial charge in [-0.05, 0) is 52.3 Å². The van der Waals surface area contributed by atoms with Gasteiger partial charge < -0.3 is 5.73 Å². The van der Waals surface area contributed by atoms with Crippen LogP contribution in [0, 0.1) is 0 Å². The number of halogens is 2. The van der Waals surface area contributed by atoms with Gasteiger partial charge in [-0.2, -0.15) is 0 Å². The van der Waals surface area contributed by atoms with Gasteiger partial charge in [-0.1, -0.05) is 22.0 Å². The average Bonchev–Trinajstić information content (AvgIpc) is 2.32. The highest BCUT2D eigenvalue weighted by atomic mass is 79.9. The van der Waals surface area contributed by atoms with Crippen molar-refractivity contribution in [1.82, 2.24) is 0 Å². The van der Waals surface area contributed by atoms with Crippen LogP contribution in [-0.2, 0) is 10.0 Å². The summed E-state index contributed by atoms with van der Waals surface area (Å²) in [5, 5.41) is 0. The van der Waals surface area contributed by atoms with Crippen LogP contribution in [0.1, 0.15) is 0 Å². The van der Waals surface area contributed by atoms with E-state index in [1.54, 1.807) is 24.3 Å². The summed E-state index contributed by atoms with van der Waals surface area (Å²) in [5.74, 6) is 0. The highest BCUT2D eigenvalue weighted by Gasteiger charge is 2.15. The highest BCUT2D eigenvalue weighted by molar-refractivity contribution is 9.10. The number of nitrogens with two attached hydrogens (primary N) is 1. The Bertz CT molecular complexity index is 717. The molecule has 0 saturated carbocycles. The standard InChI is InChI=1S/C12H10Br2N2O2S/c13-8-2-1-3-9(6-8)16-19(17,18)10-4-5-12(15)11(14)7-10/h1-7,16H,15H2. The van der Waals surface area contributed by atoms with Crippen LogP contribution in [0.5, 0.6) is 0 Å². The third kappa shape index (κ3) is 3.49. The smallest absolute Gasteiger partial charge is 0.261 e. The maximum absolute atomic E-state index is 12.2. The molecule has 0 bridgehead atoms. The Kier molecular flexibility index (Phi) is 4.17. The lowest BCUT2D eigenvalue weighted by atomic mass is 10.3. The van der Waals surface area contributed by atoms with E-state index >= 15 is 0 Å². The molecule has 0 heterocycles. The van der Waals surface area contributed by atoms with Crippen LogP contribution >= 0.6 is 31.9 Å². The van der Waals surface area contributed by atoms with Gasteiger partial charge in [0, 0.05) is 20.3 Å². The molecule has 0 unspecified atom stereocenters. The van der Waals surface area contributed by atoms with Crippen molar-refractivity contribution in [2.75, 3.05) is 10.5 Å². The number of hydrogen-bond acceptors (Lipinski definition) is 3. The second kappa shape index (κ2) is 5.52. The van der Waals surface area contributed by atoms with Crippen molar-refractivity contribution in [2.45, 2.75) is 4.90 Å². The molecule has 3 N–H and O–H groups in total. The molecule has 0 saturated heterocycles. The SMILES string of the molecule is Nc1ccc(S(=O)(=O)Nc2cccc(Br)c2)cc1Br. The highest BCUT2D eigenvalue weighted by Crippen LogP contribution is 2.25. The fraction of sp³-hybridized carbons (Fsp3) is 0. The molecule has 0 spiro atoms. The van der Waals surface area contributed by atoms with Crippen molar-refractivity contribution in [3.8, 4) is 0 Å². The lowest BCUT2D eigenvalue weighted by molar-refractivity contribution is 0.601. The van der Waals surface area contributed by atoms with Gasteiger partial charge in [0.1, 0.15) is 0 Å². The zero-order valence-electron chi connectivity index (χ0n) is 9.60. The predicted molar refractivity (Wildman–Crippen MR) is 83.5 cm³/mol. The van der Waals surface area contributed by atoms with Gasteiger partial charge in [-0.15, -0.1) is 0 Å². The van der Waals surface area contributed by atoms with Gasteiger partial charge in [0.25, 0.3) is 10.0 Å². The van der Waals surface area contributed by atoms with E-state index in [0.717, 1.165) is 4.47 Å². The van der Waals surface area contributed by atoms with Gasteiger partial charge in [0.2, 0.25) is 0 Å². The molecule has 2 aromatic carbocycles. The Balaban J connectivity index is 2.35. The number of anilines is 2. The second-order valence-electron chi connectivity index (χ2n) is 3.80. The summed E-state index contributed by atoms with van der Waals surface area (Å²) >= 11 is 6.50. The zero-order valence-corrected chi connectivity index (χ0v) is 13.6. The fourth-order valence-electron chi connectivity index (χ4n) is 1.44. The Labute approximate surface area is 128 Å². The number of nitrogen functional groups attached to an aromatic ring is 1. The number of nitrogens with one attached hydrogen (secondary N) is 1. The van der Waals surface area contributed by atoms with E-state index in [-0.39, 0.29) is 4.90 Å². The predicted octanol–water partition coefficient (Wildman–Crippen LogP) is 3.59. The largest absolute Gasteiger partial charge is 0.398 e. The second-order valence-corrected chi connectivity index (χ2v) is 7.25. The van der Waals surface area contributed by atoms with Crippen LogP contribution in [0.3, 0.4) is 0 Å². The van der Waals surface area contributed by atoms with Crippen LogP contribution in [-0.4, -0.2) is 8.42 Å². The van der Waals surface area contributed by atoms with E-state index in [0.29, 0.717) is 15.8 Å². The van der Waals surface area contributed by atoms with Crippen LogP contribution in [0.2, 0.25) is 0 Å². The third-order valence-electron chi connectivity index (χ3n) is 2.36. The first kappa shape index (κ1) is 14.4. The normalized spacial score (nSPS) is 11.3. The van der Waals surface area contributed by atoms with Crippen molar-refractivity contribution in [1.29, 1.82) is 0 Å². The van der Waals surface area contributed by atoms with Crippen molar-refractivity contribution >= 4 is 53.3 Å². The summed E-state index contributed by atoms with van der Waals surface area (Å²) < 4.78 is 28.2. The Hall–Kier alpha value is -1.05. The molecule has 0 aliphatic heterocycles. The number of benzene rings is 2. The quantitative estimate of drug-likeness (QED) is 0.766. The molecule has 2 rings (SSSR count). The van der Waals surface area contributed by atoms with E-state index < -0.39 is 10.0 Å². The molecule has 0 aromatic heterocycles. The van der Waals surface area contributed by atoms with E-state index in [1.807, 2.05) is 6.07 Å². The summed E-state index contributed by atoms with van der Waals surface area (Å²) in [6.07, 6.45) is 0. The molecule has 7 heteroatoms. The summed E-state index contributed by atoms with van der Waals surface area (Å²) in [6.45, 7) is 0. The van der Waals surface area contributed by atoms with Crippen molar-refractivity contribution in [3.05, 3.63) is 51.4 Å². The summed E-state index contributed by atoms with van der Waals surface area (Å²) in [7, 11) is -3.63. The molecular weight excluding hydrogens is 396 g/mol. The minimum atomic E-state index is -3.63. The topological polar surface area (TPSA) is 72.2 Å². The molecule has 19 heavy (non-hydrogen) atoms. The summed E-state index contributed by atoms with van der Waals surface area (Å²) in [5.41, 5.74) is 6.61.